The van der Waals surface area contributed by atoms with Crippen molar-refractivity contribution in [3.63, 3.8) is 0 Å². The van der Waals surface area contributed by atoms with Gasteiger partial charge in [0.25, 0.3) is 0 Å². The van der Waals surface area contributed by atoms with Crippen LogP contribution in [0.2, 0.25) is 0 Å². The van der Waals surface area contributed by atoms with Crippen LogP contribution in [-0.4, -0.2) is 14.7 Å². The molecule has 126 valence electrons. The van der Waals surface area contributed by atoms with Gasteiger partial charge < -0.3 is 9.67 Å². The van der Waals surface area contributed by atoms with Gasteiger partial charge in [-0.15, -0.1) is 0 Å². The standard InChI is InChI=1S/C10H18N2O.C7H10.C2H6/c1-4-5-6-12-9(3)11-8(2)10(12)7-13;1-3-5-7-6-4-2;1-2/h13H,4-7H2,1-3H3;3-7H,1H2,2H3;1-2H3/b;6-4-,7-5-;. The van der Waals surface area contributed by atoms with Crippen LogP contribution in [0.3, 0.4) is 0 Å². The Morgan fingerprint density at radius 3 is 2.27 bits per heavy atom. The van der Waals surface area contributed by atoms with Gasteiger partial charge in [0, 0.05) is 6.54 Å². The molecule has 1 heterocycles. The van der Waals surface area contributed by atoms with E-state index in [4.69, 9.17) is 5.11 Å². The number of nitrogens with zero attached hydrogens (tertiary/aromatic N) is 2. The van der Waals surface area contributed by atoms with E-state index in [0.717, 1.165) is 30.2 Å². The molecule has 0 saturated carbocycles. The Balaban J connectivity index is 0. The number of hydrogen-bond acceptors (Lipinski definition) is 2. The third kappa shape index (κ3) is 9.35. The largest absolute Gasteiger partial charge is 0.390 e. The van der Waals surface area contributed by atoms with Crippen LogP contribution in [0.4, 0.5) is 0 Å². The summed E-state index contributed by atoms with van der Waals surface area (Å²) in [5.41, 5.74) is 1.92. The second-order valence-electron chi connectivity index (χ2n) is 4.50. The molecule has 0 aliphatic rings. The van der Waals surface area contributed by atoms with Crippen molar-refractivity contribution < 1.29 is 5.11 Å². The maximum atomic E-state index is 9.15. The molecular formula is C19H34N2O. The fourth-order valence-corrected chi connectivity index (χ4v) is 1.82. The molecule has 0 aliphatic carbocycles. The SMILES string of the molecule is C=C/C=C\C=C/C.CC.CCCCn1c(C)nc(C)c1CO. The van der Waals surface area contributed by atoms with Crippen LogP contribution in [0.1, 0.15) is 57.7 Å². The number of aromatic nitrogens is 2. The molecule has 1 aromatic heterocycles. The van der Waals surface area contributed by atoms with Crippen molar-refractivity contribution in [2.75, 3.05) is 0 Å². The summed E-state index contributed by atoms with van der Waals surface area (Å²) in [4.78, 5) is 4.34. The Kier molecular flexibility index (Phi) is 16.3. The van der Waals surface area contributed by atoms with Gasteiger partial charge in [-0.1, -0.05) is 64.2 Å². The molecule has 0 aliphatic heterocycles. The molecule has 1 rings (SSSR count). The molecule has 3 heteroatoms. The van der Waals surface area contributed by atoms with E-state index < -0.39 is 0 Å². The van der Waals surface area contributed by atoms with Gasteiger partial charge in [-0.05, 0) is 27.2 Å². The molecule has 0 aromatic carbocycles. The Morgan fingerprint density at radius 1 is 1.18 bits per heavy atom. The summed E-state index contributed by atoms with van der Waals surface area (Å²) in [5.74, 6) is 1.01. The van der Waals surface area contributed by atoms with Gasteiger partial charge in [-0.2, -0.15) is 0 Å². The van der Waals surface area contributed by atoms with E-state index in [1.807, 2.05) is 58.9 Å². The highest BCUT2D eigenvalue weighted by molar-refractivity contribution is 5.14. The van der Waals surface area contributed by atoms with Crippen molar-refractivity contribution in [2.24, 2.45) is 0 Å². The first-order valence-corrected chi connectivity index (χ1v) is 8.16. The van der Waals surface area contributed by atoms with Crippen LogP contribution in [0, 0.1) is 13.8 Å². The van der Waals surface area contributed by atoms with Crippen molar-refractivity contribution in [1.82, 2.24) is 9.55 Å². The van der Waals surface area contributed by atoms with Crippen molar-refractivity contribution in [2.45, 2.75) is 67.5 Å². The molecule has 0 bridgehead atoms. The summed E-state index contributed by atoms with van der Waals surface area (Å²) in [5, 5.41) is 9.15. The van der Waals surface area contributed by atoms with E-state index in [2.05, 4.69) is 23.1 Å². The number of aliphatic hydroxyl groups excluding tert-OH is 1. The Hall–Kier alpha value is -1.61. The maximum absolute atomic E-state index is 9.15. The van der Waals surface area contributed by atoms with Crippen LogP contribution in [0.15, 0.2) is 37.0 Å². The van der Waals surface area contributed by atoms with Crippen molar-refractivity contribution in [3.8, 4) is 0 Å². The lowest BCUT2D eigenvalue weighted by molar-refractivity contribution is 0.269. The summed E-state index contributed by atoms with van der Waals surface area (Å²) in [7, 11) is 0. The Morgan fingerprint density at radius 2 is 1.82 bits per heavy atom. The molecule has 1 N–H and O–H groups in total. The summed E-state index contributed by atoms with van der Waals surface area (Å²) < 4.78 is 2.11. The van der Waals surface area contributed by atoms with Crippen molar-refractivity contribution in [1.29, 1.82) is 0 Å². The lowest BCUT2D eigenvalue weighted by atomic mass is 10.3. The zero-order valence-corrected chi connectivity index (χ0v) is 15.3. The Labute approximate surface area is 137 Å². The highest BCUT2D eigenvalue weighted by Crippen LogP contribution is 2.11. The van der Waals surface area contributed by atoms with Crippen LogP contribution in [0.25, 0.3) is 0 Å². The lowest BCUT2D eigenvalue weighted by Crippen LogP contribution is -2.05. The molecule has 3 nitrogen and oxygen atoms in total. The number of hydrogen-bond donors (Lipinski definition) is 1. The van der Waals surface area contributed by atoms with Gasteiger partial charge in [0.2, 0.25) is 0 Å². The molecule has 0 atom stereocenters. The highest BCUT2D eigenvalue weighted by atomic mass is 16.3. The minimum atomic E-state index is 0.0936. The molecule has 0 fully saturated rings. The van der Waals surface area contributed by atoms with Gasteiger partial charge in [-0.25, -0.2) is 4.98 Å². The first-order chi connectivity index (χ1) is 10.6. The highest BCUT2D eigenvalue weighted by Gasteiger charge is 2.09. The molecule has 1 aromatic rings. The molecular weight excluding hydrogens is 272 g/mol. The van der Waals surface area contributed by atoms with Crippen LogP contribution >= 0.6 is 0 Å². The topological polar surface area (TPSA) is 38.0 Å². The zero-order chi connectivity index (χ0) is 17.4. The summed E-state index contributed by atoms with van der Waals surface area (Å²) >= 11 is 0. The first-order valence-electron chi connectivity index (χ1n) is 8.16. The first kappa shape index (κ1) is 22.7. The third-order valence-corrected chi connectivity index (χ3v) is 2.90. The van der Waals surface area contributed by atoms with E-state index in [1.165, 1.54) is 6.42 Å². The van der Waals surface area contributed by atoms with Crippen LogP contribution in [-0.2, 0) is 13.2 Å². The second kappa shape index (κ2) is 15.8. The molecule has 22 heavy (non-hydrogen) atoms. The van der Waals surface area contributed by atoms with Crippen LogP contribution < -0.4 is 0 Å². The van der Waals surface area contributed by atoms with E-state index in [9.17, 15) is 0 Å². The van der Waals surface area contributed by atoms with Gasteiger partial charge in [0.15, 0.2) is 0 Å². The maximum Gasteiger partial charge on any atom is 0.106 e. The van der Waals surface area contributed by atoms with E-state index in [-0.39, 0.29) is 6.61 Å². The van der Waals surface area contributed by atoms with Crippen molar-refractivity contribution in [3.05, 3.63) is 54.2 Å². The number of rotatable bonds is 6. The van der Waals surface area contributed by atoms with E-state index >= 15 is 0 Å². The molecule has 0 unspecified atom stereocenters. The smallest absolute Gasteiger partial charge is 0.106 e. The fraction of sp³-hybridized carbons (Fsp3) is 0.526. The van der Waals surface area contributed by atoms with E-state index in [0.29, 0.717) is 0 Å². The Bertz CT molecular complexity index is 443. The van der Waals surface area contributed by atoms with Gasteiger partial charge in [0.05, 0.1) is 18.0 Å². The molecule has 0 spiro atoms. The molecule has 0 radical (unpaired) electrons. The second-order valence-corrected chi connectivity index (χ2v) is 4.50. The fourth-order valence-electron chi connectivity index (χ4n) is 1.82. The van der Waals surface area contributed by atoms with Gasteiger partial charge >= 0.3 is 0 Å². The zero-order valence-electron chi connectivity index (χ0n) is 15.3. The van der Waals surface area contributed by atoms with Gasteiger partial charge in [0.1, 0.15) is 5.82 Å². The van der Waals surface area contributed by atoms with Gasteiger partial charge in [-0.3, -0.25) is 0 Å². The van der Waals surface area contributed by atoms with Crippen LogP contribution in [0.5, 0.6) is 0 Å². The lowest BCUT2D eigenvalue weighted by Gasteiger charge is -2.07. The van der Waals surface area contributed by atoms with Crippen molar-refractivity contribution >= 4 is 0 Å². The summed E-state index contributed by atoms with van der Waals surface area (Å²) in [6, 6.07) is 0. The number of allylic oxidation sites excluding steroid dienone is 5. The number of aryl methyl sites for hydroxylation is 2. The quantitative estimate of drug-likeness (QED) is 0.740. The predicted octanol–water partition coefficient (Wildman–Crippen LogP) is 5.12. The average Bonchev–Trinajstić information content (AvgIpc) is 2.81. The molecule has 0 amide bonds. The minimum Gasteiger partial charge on any atom is -0.390 e. The monoisotopic (exact) mass is 306 g/mol. The predicted molar refractivity (Wildman–Crippen MR) is 98.0 cm³/mol. The number of aliphatic hydroxyl groups is 1. The summed E-state index contributed by atoms with van der Waals surface area (Å²) in [6.45, 7) is 16.7. The average molecular weight is 306 g/mol. The minimum absolute atomic E-state index is 0.0936. The number of unbranched alkanes of at least 4 members (excludes halogenated alkanes) is 1. The molecule has 0 saturated heterocycles. The number of imidazole rings is 1. The normalized spacial score (nSPS) is 10.1. The van der Waals surface area contributed by atoms with E-state index in [1.54, 1.807) is 6.08 Å². The summed E-state index contributed by atoms with van der Waals surface area (Å²) in [6.07, 6.45) is 11.8. The third-order valence-electron chi connectivity index (χ3n) is 2.90.